The lowest BCUT2D eigenvalue weighted by Gasteiger charge is -2.23. The number of hydrogen-bond donors (Lipinski definition) is 0. The minimum absolute atomic E-state index is 0.153. The van der Waals surface area contributed by atoms with Gasteiger partial charge in [0.15, 0.2) is 9.84 Å². The van der Waals surface area contributed by atoms with Crippen molar-refractivity contribution >= 4 is 21.4 Å². The molecule has 0 saturated carbocycles. The average Bonchev–Trinajstić information content (AvgIpc) is 2.79. The minimum atomic E-state index is -2.94. The fourth-order valence-corrected chi connectivity index (χ4v) is 5.59. The number of fused-ring (bicyclic) bond motifs is 1. The van der Waals surface area contributed by atoms with Gasteiger partial charge >= 0.3 is 0 Å². The van der Waals surface area contributed by atoms with Crippen LogP contribution in [0.15, 0.2) is 0 Å². The summed E-state index contributed by atoms with van der Waals surface area (Å²) in [7, 11) is -2.94. The third-order valence-electron chi connectivity index (χ3n) is 4.09. The average molecular weight is 289 g/mol. The van der Waals surface area contributed by atoms with E-state index in [0.29, 0.717) is 11.6 Å². The monoisotopic (exact) mass is 288 g/mol. The number of aromatic nitrogens is 2. The van der Waals surface area contributed by atoms with Crippen molar-refractivity contribution in [2.24, 2.45) is 0 Å². The van der Waals surface area contributed by atoms with E-state index < -0.39 is 15.4 Å². The predicted octanol–water partition coefficient (Wildman–Crippen LogP) is 1.95. The van der Waals surface area contributed by atoms with E-state index >= 15 is 0 Å². The molecular formula is C12H17ClN2O2S. The third kappa shape index (κ3) is 1.88. The summed E-state index contributed by atoms with van der Waals surface area (Å²) in [6.45, 7) is 1.95. The molecule has 1 aromatic heterocycles. The Bertz CT molecular complexity index is 593. The summed E-state index contributed by atoms with van der Waals surface area (Å²) in [6, 6.07) is 0. The molecule has 3 rings (SSSR count). The minimum Gasteiger partial charge on any atom is -0.247 e. The van der Waals surface area contributed by atoms with Crippen LogP contribution in [0.5, 0.6) is 0 Å². The van der Waals surface area contributed by atoms with Crippen molar-refractivity contribution in [2.45, 2.75) is 44.6 Å². The molecule has 1 saturated heterocycles. The molecule has 1 aliphatic heterocycles. The van der Waals surface area contributed by atoms with E-state index in [-0.39, 0.29) is 11.5 Å². The first-order chi connectivity index (χ1) is 8.41. The van der Waals surface area contributed by atoms with Crippen LogP contribution in [0, 0.1) is 0 Å². The lowest BCUT2D eigenvalue weighted by Crippen LogP contribution is -2.32. The van der Waals surface area contributed by atoms with Crippen molar-refractivity contribution in [3.63, 3.8) is 0 Å². The van der Waals surface area contributed by atoms with E-state index in [9.17, 15) is 8.42 Å². The molecule has 1 aliphatic carbocycles. The van der Waals surface area contributed by atoms with Gasteiger partial charge < -0.3 is 0 Å². The van der Waals surface area contributed by atoms with Gasteiger partial charge in [-0.3, -0.25) is 0 Å². The molecule has 0 bridgehead atoms. The summed E-state index contributed by atoms with van der Waals surface area (Å²) >= 11 is 6.41. The molecule has 100 valence electrons. The molecule has 0 radical (unpaired) electrons. The maximum Gasteiger partial charge on any atom is 0.152 e. The zero-order chi connectivity index (χ0) is 13.0. The molecule has 0 spiro atoms. The van der Waals surface area contributed by atoms with Crippen LogP contribution in [-0.4, -0.2) is 29.7 Å². The first-order valence-electron chi connectivity index (χ1n) is 6.38. The van der Waals surface area contributed by atoms with Gasteiger partial charge in [-0.05, 0) is 39.0 Å². The summed E-state index contributed by atoms with van der Waals surface area (Å²) in [5.41, 5.74) is 1.73. The molecule has 0 amide bonds. The maximum absolute atomic E-state index is 11.7. The zero-order valence-electron chi connectivity index (χ0n) is 10.4. The highest BCUT2D eigenvalue weighted by molar-refractivity contribution is 7.91. The van der Waals surface area contributed by atoms with E-state index in [1.165, 1.54) is 0 Å². The van der Waals surface area contributed by atoms with Gasteiger partial charge in [0, 0.05) is 5.56 Å². The quantitative estimate of drug-likeness (QED) is 0.794. The molecule has 6 heteroatoms. The molecular weight excluding hydrogens is 272 g/mol. The van der Waals surface area contributed by atoms with Gasteiger partial charge in [0.05, 0.1) is 22.7 Å². The van der Waals surface area contributed by atoms with Crippen LogP contribution >= 0.6 is 11.6 Å². The topological polar surface area (TPSA) is 52.0 Å². The second-order valence-electron chi connectivity index (χ2n) is 5.67. The van der Waals surface area contributed by atoms with Gasteiger partial charge in [0.25, 0.3) is 0 Å². The molecule has 18 heavy (non-hydrogen) atoms. The number of nitrogens with zero attached hydrogens (tertiary/aromatic N) is 2. The Morgan fingerprint density at radius 3 is 2.67 bits per heavy atom. The van der Waals surface area contributed by atoms with Gasteiger partial charge in [0.2, 0.25) is 0 Å². The summed E-state index contributed by atoms with van der Waals surface area (Å²) < 4.78 is 25.2. The molecule has 0 N–H and O–H groups in total. The molecule has 1 fully saturated rings. The standard InChI is InChI=1S/C12H17ClN2O2S/c1-12(6-7-18(16,17)8-12)15-11(13)9-4-2-3-5-10(9)14-15/h2-8H2,1H3. The molecule has 1 unspecified atom stereocenters. The van der Waals surface area contributed by atoms with Crippen LogP contribution < -0.4 is 0 Å². The van der Waals surface area contributed by atoms with E-state index in [4.69, 9.17) is 11.6 Å². The van der Waals surface area contributed by atoms with Crippen molar-refractivity contribution in [2.75, 3.05) is 11.5 Å². The number of sulfone groups is 1. The SMILES string of the molecule is CC1(n2nc3c(c2Cl)CCCC3)CCS(=O)(=O)C1. The predicted molar refractivity (Wildman–Crippen MR) is 70.8 cm³/mol. The molecule has 0 aromatic carbocycles. The Labute approximate surface area is 112 Å². The molecule has 1 aromatic rings. The third-order valence-corrected chi connectivity index (χ3v) is 6.36. The van der Waals surface area contributed by atoms with Gasteiger partial charge in [0.1, 0.15) is 5.15 Å². The fraction of sp³-hybridized carbons (Fsp3) is 0.750. The van der Waals surface area contributed by atoms with Gasteiger partial charge in [-0.2, -0.15) is 5.10 Å². The second-order valence-corrected chi connectivity index (χ2v) is 8.22. The second kappa shape index (κ2) is 3.97. The molecule has 4 nitrogen and oxygen atoms in total. The molecule has 2 aliphatic rings. The number of hydrogen-bond acceptors (Lipinski definition) is 3. The smallest absolute Gasteiger partial charge is 0.152 e. The van der Waals surface area contributed by atoms with Crippen LogP contribution in [0.4, 0.5) is 0 Å². The van der Waals surface area contributed by atoms with E-state index in [0.717, 1.165) is 36.9 Å². The number of halogens is 1. The highest BCUT2D eigenvalue weighted by Gasteiger charge is 2.42. The van der Waals surface area contributed by atoms with Crippen molar-refractivity contribution < 1.29 is 8.42 Å². The van der Waals surface area contributed by atoms with Crippen LogP contribution in [-0.2, 0) is 28.2 Å². The summed E-state index contributed by atoms with van der Waals surface area (Å²) in [5, 5.41) is 5.25. The summed E-state index contributed by atoms with van der Waals surface area (Å²) in [6.07, 6.45) is 4.83. The van der Waals surface area contributed by atoms with Gasteiger partial charge in [-0.1, -0.05) is 11.6 Å². The van der Waals surface area contributed by atoms with Crippen LogP contribution in [0.1, 0.15) is 37.4 Å². The Hall–Kier alpha value is -0.550. The lowest BCUT2D eigenvalue weighted by molar-refractivity contribution is 0.327. The zero-order valence-corrected chi connectivity index (χ0v) is 12.0. The van der Waals surface area contributed by atoms with E-state index in [1.54, 1.807) is 4.68 Å². The summed E-state index contributed by atoms with van der Waals surface area (Å²) in [5.74, 6) is 0.393. The molecule has 1 atom stereocenters. The molecule has 2 heterocycles. The van der Waals surface area contributed by atoms with Crippen molar-refractivity contribution in [1.82, 2.24) is 9.78 Å². The Balaban J connectivity index is 2.05. The van der Waals surface area contributed by atoms with Crippen LogP contribution in [0.25, 0.3) is 0 Å². The number of aryl methyl sites for hydroxylation is 1. The van der Waals surface area contributed by atoms with Crippen molar-refractivity contribution in [3.05, 3.63) is 16.4 Å². The van der Waals surface area contributed by atoms with E-state index in [2.05, 4.69) is 5.10 Å². The Morgan fingerprint density at radius 2 is 2.06 bits per heavy atom. The van der Waals surface area contributed by atoms with Gasteiger partial charge in [-0.15, -0.1) is 0 Å². The van der Waals surface area contributed by atoms with Crippen molar-refractivity contribution in [1.29, 1.82) is 0 Å². The largest absolute Gasteiger partial charge is 0.247 e. The highest BCUT2D eigenvalue weighted by atomic mass is 35.5. The summed E-state index contributed by atoms with van der Waals surface area (Å²) in [4.78, 5) is 0. The lowest BCUT2D eigenvalue weighted by atomic mass is 9.98. The maximum atomic E-state index is 11.7. The first-order valence-corrected chi connectivity index (χ1v) is 8.58. The van der Waals surface area contributed by atoms with Crippen molar-refractivity contribution in [3.8, 4) is 0 Å². The first kappa shape index (κ1) is 12.5. The highest BCUT2D eigenvalue weighted by Crippen LogP contribution is 2.36. The van der Waals surface area contributed by atoms with Gasteiger partial charge in [-0.25, -0.2) is 13.1 Å². The fourth-order valence-electron chi connectivity index (χ4n) is 3.03. The number of rotatable bonds is 1. The Kier molecular flexibility index (Phi) is 2.75. The van der Waals surface area contributed by atoms with E-state index in [1.807, 2.05) is 6.92 Å². The van der Waals surface area contributed by atoms with Crippen LogP contribution in [0.3, 0.4) is 0 Å². The normalized spacial score (nSPS) is 30.3. The van der Waals surface area contributed by atoms with Crippen LogP contribution in [0.2, 0.25) is 5.15 Å². The Morgan fingerprint density at radius 1 is 1.33 bits per heavy atom.